The van der Waals surface area contributed by atoms with Crippen LogP contribution in [0.25, 0.3) is 0 Å². The Morgan fingerprint density at radius 1 is 1.78 bits per heavy atom. The molecule has 1 aromatic rings. The molecule has 0 aliphatic rings. The number of aromatic nitrogens is 2. The Labute approximate surface area is 71.3 Å². The monoisotopic (exact) mass is 234 g/mol. The molecule has 0 aliphatic heterocycles. The van der Waals surface area contributed by atoms with Crippen molar-refractivity contribution in [3.8, 4) is 12.5 Å². The normalized spacial score (nSPS) is 7.56. The minimum Gasteiger partial charge on any atom is -1.00 e. The number of halogens is 1. The fraction of sp³-hybridized carbons (Fsp3) is 0.167. The van der Waals surface area contributed by atoms with E-state index in [1.165, 1.54) is 0 Å². The predicted molar refractivity (Wildman–Crippen MR) is 30.0 cm³/mol. The first-order valence-electron chi connectivity index (χ1n) is 2.37. The summed E-state index contributed by atoms with van der Waals surface area (Å²) in [5.41, 5.74) is 0. The summed E-state index contributed by atoms with van der Waals surface area (Å²) < 4.78 is 1.68. The molecule has 1 aromatic heterocycles. The van der Waals surface area contributed by atoms with Crippen molar-refractivity contribution in [3.05, 3.63) is 18.2 Å². The van der Waals surface area contributed by atoms with Gasteiger partial charge in [-0.2, -0.15) is 4.57 Å². The van der Waals surface area contributed by atoms with Crippen molar-refractivity contribution in [2.45, 2.75) is 6.92 Å². The molecule has 0 saturated carbocycles. The third-order valence-corrected chi connectivity index (χ3v) is 1.02. The van der Waals surface area contributed by atoms with E-state index in [0.29, 0.717) is 0 Å². The summed E-state index contributed by atoms with van der Waals surface area (Å²) in [7, 11) is 0. The van der Waals surface area contributed by atoms with Gasteiger partial charge in [0.25, 0.3) is 5.82 Å². The van der Waals surface area contributed by atoms with Crippen LogP contribution >= 0.6 is 0 Å². The van der Waals surface area contributed by atoms with Crippen LogP contribution in [0.1, 0.15) is 5.82 Å². The molecular weight excluding hydrogens is 227 g/mol. The average Bonchev–Trinajstić information content (AvgIpc) is 2.14. The molecule has 1 heterocycles. The van der Waals surface area contributed by atoms with E-state index in [0.717, 1.165) is 5.82 Å². The van der Waals surface area contributed by atoms with Crippen LogP contribution in [0, 0.1) is 19.4 Å². The predicted octanol–water partition coefficient (Wildman–Crippen LogP) is -2.95. The Morgan fingerprint density at radius 3 is 2.67 bits per heavy atom. The Balaban J connectivity index is 0.000000640. The Hall–Kier alpha value is -0.500. The molecule has 0 saturated heterocycles. The van der Waals surface area contributed by atoms with E-state index in [4.69, 9.17) is 6.42 Å². The maximum Gasteiger partial charge on any atom is 0.264 e. The van der Waals surface area contributed by atoms with Crippen LogP contribution < -0.4 is 28.5 Å². The number of hydrogen-bond acceptors (Lipinski definition) is 0. The first-order chi connectivity index (χ1) is 3.84. The summed E-state index contributed by atoms with van der Waals surface area (Å²) >= 11 is 0. The summed E-state index contributed by atoms with van der Waals surface area (Å²) in [6, 6.07) is 2.46. The molecule has 1 rings (SSSR count). The highest BCUT2D eigenvalue weighted by Gasteiger charge is 1.97. The molecule has 0 aliphatic carbocycles. The topological polar surface area (TPSA) is 19.7 Å². The van der Waals surface area contributed by atoms with Crippen LogP contribution in [0.4, 0.5) is 0 Å². The number of aryl methyl sites for hydroxylation is 1. The fourth-order valence-corrected chi connectivity index (χ4v) is 0.554. The number of H-pyrrole nitrogens is 1. The zero-order valence-corrected chi connectivity index (χ0v) is 7.21. The number of terminal acetylenes is 1. The second kappa shape index (κ2) is 3.51. The molecule has 3 heteroatoms. The van der Waals surface area contributed by atoms with Gasteiger partial charge in [-0.1, -0.05) is 6.42 Å². The lowest BCUT2D eigenvalue weighted by atomic mass is 10.7. The van der Waals surface area contributed by atoms with Crippen molar-refractivity contribution in [1.82, 2.24) is 4.98 Å². The number of nitrogens with one attached hydrogen (secondary N) is 1. The molecule has 0 amide bonds. The van der Waals surface area contributed by atoms with Gasteiger partial charge in [0.05, 0.1) is 0 Å². The smallest absolute Gasteiger partial charge is 0.264 e. The summed E-state index contributed by atoms with van der Waals surface area (Å²) in [6.45, 7) is 1.92. The molecule has 0 fully saturated rings. The van der Waals surface area contributed by atoms with Gasteiger partial charge >= 0.3 is 0 Å². The van der Waals surface area contributed by atoms with Gasteiger partial charge in [0.2, 0.25) is 0 Å². The van der Waals surface area contributed by atoms with E-state index in [-0.39, 0.29) is 24.0 Å². The quantitative estimate of drug-likeness (QED) is 0.281. The van der Waals surface area contributed by atoms with Crippen molar-refractivity contribution < 1.29 is 28.5 Å². The fourth-order valence-electron chi connectivity index (χ4n) is 0.554. The maximum atomic E-state index is 5.09. The third-order valence-electron chi connectivity index (χ3n) is 1.02. The van der Waals surface area contributed by atoms with Crippen LogP contribution in [0.3, 0.4) is 0 Å². The first kappa shape index (κ1) is 8.50. The third kappa shape index (κ3) is 1.72. The number of hydrogen-bond donors (Lipinski definition) is 1. The van der Waals surface area contributed by atoms with Crippen molar-refractivity contribution in [3.63, 3.8) is 0 Å². The van der Waals surface area contributed by atoms with Gasteiger partial charge in [0, 0.05) is 6.92 Å². The molecule has 0 bridgehead atoms. The van der Waals surface area contributed by atoms with Gasteiger partial charge in [-0.15, -0.1) is 0 Å². The summed E-state index contributed by atoms with van der Waals surface area (Å²) in [6.07, 6.45) is 8.69. The zero-order valence-electron chi connectivity index (χ0n) is 5.06. The minimum atomic E-state index is 0. The molecule has 0 radical (unpaired) electrons. The molecule has 0 aromatic carbocycles. The lowest BCUT2D eigenvalue weighted by molar-refractivity contribution is -0.588. The number of aromatic amines is 1. The summed E-state index contributed by atoms with van der Waals surface area (Å²) in [5.74, 6) is 0.979. The second-order valence-corrected chi connectivity index (χ2v) is 1.54. The van der Waals surface area contributed by atoms with Crippen molar-refractivity contribution in [2.24, 2.45) is 0 Å². The molecule has 48 valence electrons. The highest BCUT2D eigenvalue weighted by atomic mass is 127. The summed E-state index contributed by atoms with van der Waals surface area (Å²) in [5, 5.41) is 0. The Kier molecular flexibility index (Phi) is 3.32. The molecule has 0 spiro atoms. The van der Waals surface area contributed by atoms with Crippen molar-refractivity contribution in [1.29, 1.82) is 0 Å². The standard InChI is InChI=1S/C6H6N2.HI/c1-3-8-5-4-7-6(8)2;/h1,4-5H,2H3;1H. The Morgan fingerprint density at radius 2 is 2.44 bits per heavy atom. The molecule has 9 heavy (non-hydrogen) atoms. The highest BCUT2D eigenvalue weighted by molar-refractivity contribution is 4.78. The van der Waals surface area contributed by atoms with E-state index in [9.17, 15) is 0 Å². The van der Waals surface area contributed by atoms with Gasteiger partial charge in [-0.05, 0) is 0 Å². The second-order valence-electron chi connectivity index (χ2n) is 1.54. The Bertz CT molecular complexity index is 221. The largest absolute Gasteiger partial charge is 1.00 e. The van der Waals surface area contributed by atoms with Gasteiger partial charge in [-0.25, -0.2) is 4.98 Å². The van der Waals surface area contributed by atoms with Crippen molar-refractivity contribution in [2.75, 3.05) is 0 Å². The van der Waals surface area contributed by atoms with E-state index in [2.05, 4.69) is 11.0 Å². The summed E-state index contributed by atoms with van der Waals surface area (Å²) in [4.78, 5) is 2.94. The van der Waals surface area contributed by atoms with Crippen LogP contribution in [0.5, 0.6) is 0 Å². The zero-order chi connectivity index (χ0) is 5.98. The van der Waals surface area contributed by atoms with Crippen molar-refractivity contribution >= 4 is 0 Å². The SMILES string of the molecule is C#C[n+]1cc[nH]c1C.[I-]. The maximum absolute atomic E-state index is 5.09. The lowest BCUT2D eigenvalue weighted by Crippen LogP contribution is -3.00. The van der Waals surface area contributed by atoms with E-state index < -0.39 is 0 Å². The minimum absolute atomic E-state index is 0. The highest BCUT2D eigenvalue weighted by Crippen LogP contribution is 1.76. The molecule has 1 N–H and O–H groups in total. The van der Waals surface area contributed by atoms with E-state index >= 15 is 0 Å². The average molecular weight is 234 g/mol. The van der Waals surface area contributed by atoms with Gasteiger partial charge in [0.15, 0.2) is 0 Å². The van der Waals surface area contributed by atoms with E-state index in [1.54, 1.807) is 17.0 Å². The number of imidazole rings is 1. The molecule has 2 nitrogen and oxygen atoms in total. The van der Waals surface area contributed by atoms with Crippen LogP contribution in [-0.2, 0) is 0 Å². The van der Waals surface area contributed by atoms with Crippen LogP contribution in [-0.4, -0.2) is 4.98 Å². The molecule has 0 unspecified atom stereocenters. The van der Waals surface area contributed by atoms with Gasteiger partial charge in [0.1, 0.15) is 18.4 Å². The van der Waals surface area contributed by atoms with Gasteiger partial charge < -0.3 is 24.0 Å². The number of nitrogens with zero attached hydrogens (tertiary/aromatic N) is 1. The van der Waals surface area contributed by atoms with E-state index in [1.807, 2.05) is 6.92 Å². The van der Waals surface area contributed by atoms with Crippen LogP contribution in [0.15, 0.2) is 12.4 Å². The van der Waals surface area contributed by atoms with Gasteiger partial charge in [-0.3, -0.25) is 0 Å². The molecule has 0 atom stereocenters. The van der Waals surface area contributed by atoms with Crippen LogP contribution in [0.2, 0.25) is 0 Å². The number of rotatable bonds is 0. The molecular formula is C6H7IN2. The lowest BCUT2D eigenvalue weighted by Gasteiger charge is -1.75. The first-order valence-corrected chi connectivity index (χ1v) is 2.37.